The van der Waals surface area contributed by atoms with Gasteiger partial charge in [-0.3, -0.25) is 9.98 Å². The van der Waals surface area contributed by atoms with Crippen LogP contribution in [0, 0.1) is 0 Å². The third-order valence-electron chi connectivity index (χ3n) is 7.00. The Morgan fingerprint density at radius 3 is 0.887 bits per heavy atom. The van der Waals surface area contributed by atoms with Crippen LogP contribution in [0.4, 0.5) is 22.7 Å². The molecule has 0 aliphatic carbocycles. The van der Waals surface area contributed by atoms with Gasteiger partial charge in [0, 0.05) is 39.3 Å². The van der Waals surface area contributed by atoms with Crippen molar-refractivity contribution in [2.75, 3.05) is 0 Å². The Morgan fingerprint density at radius 2 is 0.604 bits per heavy atom. The monoisotopic (exact) mass is 1120 g/mol. The van der Waals surface area contributed by atoms with Gasteiger partial charge in [0.1, 0.15) is 0 Å². The van der Waals surface area contributed by atoms with Crippen LogP contribution in [0.15, 0.2) is 195 Å². The molecule has 0 saturated carbocycles. The molecule has 0 N–H and O–H groups in total. The Hall–Kier alpha value is -2.86. The van der Waals surface area contributed by atoms with Gasteiger partial charge in [-0.1, -0.05) is 156 Å². The van der Waals surface area contributed by atoms with E-state index in [1.807, 2.05) is 158 Å². The fourth-order valence-electron chi connectivity index (χ4n) is 4.39. The van der Waals surface area contributed by atoms with E-state index in [1.165, 1.54) is 0 Å². The fourth-order valence-corrected chi connectivity index (χ4v) is 5.97. The maximum absolute atomic E-state index is 4.77. The quantitative estimate of drug-likeness (QED) is 0.0970. The minimum Gasteiger partial charge on any atom is -0.657 e. The summed E-state index contributed by atoms with van der Waals surface area (Å²) in [7, 11) is 0. The van der Waals surface area contributed by atoms with Gasteiger partial charge in [-0.2, -0.15) is 0 Å². The van der Waals surface area contributed by atoms with Gasteiger partial charge >= 0.3 is 17.1 Å². The SMILES string of the molecule is Brc1ccc(N=CC=C([N-]c2ccc(Br)cc2)c2ccc(Br)cc2)cc1.Brc1ccc(N=CC=C([N-]c2ccc(Br)cc2)c2ccc(Br)cc2)cc1.[Cu+2]. The van der Waals surface area contributed by atoms with Crippen LogP contribution in [0.2, 0.25) is 0 Å². The van der Waals surface area contributed by atoms with E-state index in [0.717, 1.165) is 72.1 Å². The van der Waals surface area contributed by atoms with E-state index in [1.54, 1.807) is 12.4 Å². The zero-order chi connectivity index (χ0) is 36.7. The molecule has 0 unspecified atom stereocenters. The number of halogens is 6. The van der Waals surface area contributed by atoms with Crippen molar-refractivity contribution in [1.82, 2.24) is 0 Å². The molecular formula is C42H28Br6CuN4. The first-order valence-electron chi connectivity index (χ1n) is 15.7. The molecular weight excluding hydrogens is 1100 g/mol. The normalized spacial score (nSPS) is 11.5. The number of aliphatic imine (C=N–C) groups is 2. The van der Waals surface area contributed by atoms with Gasteiger partial charge in [0.05, 0.1) is 11.4 Å². The topological polar surface area (TPSA) is 52.9 Å². The van der Waals surface area contributed by atoms with Crippen LogP contribution < -0.4 is 0 Å². The average Bonchev–Trinajstić information content (AvgIpc) is 3.15. The van der Waals surface area contributed by atoms with Crippen molar-refractivity contribution in [2.24, 2.45) is 9.98 Å². The summed E-state index contributed by atoms with van der Waals surface area (Å²) in [5.41, 5.74) is 7.31. The van der Waals surface area contributed by atoms with Crippen LogP contribution >= 0.6 is 95.6 Å². The first-order valence-corrected chi connectivity index (χ1v) is 20.4. The third-order valence-corrected chi connectivity index (χ3v) is 10.2. The molecule has 0 atom stereocenters. The molecule has 0 saturated heterocycles. The molecule has 0 fully saturated rings. The number of nitrogens with zero attached hydrogens (tertiary/aromatic N) is 4. The number of benzene rings is 6. The van der Waals surface area contributed by atoms with Crippen molar-refractivity contribution in [3.05, 3.63) is 206 Å². The second-order valence-corrected chi connectivity index (χ2v) is 16.3. The summed E-state index contributed by atoms with van der Waals surface area (Å²) in [6, 6.07) is 47.7. The predicted octanol–water partition coefficient (Wildman–Crippen LogP) is 16.8. The molecule has 0 aliphatic heterocycles. The Balaban J connectivity index is 0.000000232. The molecule has 1 radical (unpaired) electrons. The van der Waals surface area contributed by atoms with Crippen LogP contribution in [0.5, 0.6) is 0 Å². The fraction of sp³-hybridized carbons (Fsp3) is 0. The average molecular weight is 1130 g/mol. The summed E-state index contributed by atoms with van der Waals surface area (Å²) in [6.07, 6.45) is 7.41. The summed E-state index contributed by atoms with van der Waals surface area (Å²) in [4.78, 5) is 8.97. The van der Waals surface area contributed by atoms with Crippen molar-refractivity contribution in [3.8, 4) is 0 Å². The van der Waals surface area contributed by atoms with E-state index in [4.69, 9.17) is 10.6 Å². The molecule has 0 spiro atoms. The number of rotatable bonds is 10. The zero-order valence-corrected chi connectivity index (χ0v) is 38.0. The van der Waals surface area contributed by atoms with E-state index in [-0.39, 0.29) is 17.1 Å². The van der Waals surface area contributed by atoms with Crippen molar-refractivity contribution >= 4 is 142 Å². The Bertz CT molecular complexity index is 1990. The summed E-state index contributed by atoms with van der Waals surface area (Å²) >= 11 is 20.7. The second-order valence-electron chi connectivity index (χ2n) is 10.8. The standard InChI is InChI=1S/2C21H14Br3N2.Cu/c2*22-16-3-1-15(2-4-16)21(26-20-11-7-18(24)8-12-20)13-14-25-19-9-5-17(23)6-10-19;/h2*1-14H;/q2*-1;+2. The second kappa shape index (κ2) is 22.5. The summed E-state index contributed by atoms with van der Waals surface area (Å²) < 4.78 is 6.20. The number of allylic oxidation sites excluding steroid dienone is 2. The van der Waals surface area contributed by atoms with Crippen molar-refractivity contribution in [1.29, 1.82) is 0 Å². The first kappa shape index (κ1) is 42.9. The van der Waals surface area contributed by atoms with Crippen LogP contribution in [0.1, 0.15) is 11.1 Å². The summed E-state index contributed by atoms with van der Waals surface area (Å²) in [5.74, 6) is 0. The zero-order valence-electron chi connectivity index (χ0n) is 27.5. The molecule has 4 nitrogen and oxygen atoms in total. The van der Waals surface area contributed by atoms with Gasteiger partial charge < -0.3 is 10.6 Å². The smallest absolute Gasteiger partial charge is 0.657 e. The Labute approximate surface area is 371 Å². The van der Waals surface area contributed by atoms with E-state index in [0.29, 0.717) is 0 Å². The number of hydrogen-bond acceptors (Lipinski definition) is 2. The molecule has 0 aromatic heterocycles. The van der Waals surface area contributed by atoms with Gasteiger partial charge in [0.2, 0.25) is 0 Å². The van der Waals surface area contributed by atoms with Gasteiger partial charge in [0.25, 0.3) is 0 Å². The molecule has 6 rings (SSSR count). The molecule has 0 heterocycles. The van der Waals surface area contributed by atoms with Gasteiger partial charge in [-0.05, 0) is 108 Å². The third kappa shape index (κ3) is 15.1. The van der Waals surface area contributed by atoms with Gasteiger partial charge in [-0.15, -0.1) is 22.8 Å². The van der Waals surface area contributed by atoms with Crippen LogP contribution in [0.25, 0.3) is 22.0 Å². The minimum absolute atomic E-state index is 0. The van der Waals surface area contributed by atoms with Crippen molar-refractivity contribution in [3.63, 3.8) is 0 Å². The molecule has 53 heavy (non-hydrogen) atoms. The molecule has 6 aromatic carbocycles. The summed E-state index contributed by atoms with van der Waals surface area (Å²) in [6.45, 7) is 0. The van der Waals surface area contributed by atoms with Gasteiger partial charge in [-0.25, -0.2) is 0 Å². The van der Waals surface area contributed by atoms with Crippen molar-refractivity contribution < 1.29 is 17.1 Å². The van der Waals surface area contributed by atoms with Crippen LogP contribution in [-0.4, -0.2) is 12.4 Å². The van der Waals surface area contributed by atoms with E-state index >= 15 is 0 Å². The van der Waals surface area contributed by atoms with Crippen LogP contribution in [-0.2, 0) is 17.1 Å². The maximum Gasteiger partial charge on any atom is 2.00 e. The Morgan fingerprint density at radius 1 is 0.358 bits per heavy atom. The molecule has 0 bridgehead atoms. The first-order chi connectivity index (χ1) is 25.2. The van der Waals surface area contributed by atoms with Crippen molar-refractivity contribution in [2.45, 2.75) is 0 Å². The molecule has 269 valence electrons. The molecule has 0 aliphatic rings. The maximum atomic E-state index is 4.77. The molecule has 6 aromatic rings. The predicted molar refractivity (Wildman–Crippen MR) is 243 cm³/mol. The van der Waals surface area contributed by atoms with E-state index < -0.39 is 0 Å². The van der Waals surface area contributed by atoms with E-state index in [2.05, 4.69) is 106 Å². The van der Waals surface area contributed by atoms with Crippen LogP contribution in [0.3, 0.4) is 0 Å². The van der Waals surface area contributed by atoms with E-state index in [9.17, 15) is 0 Å². The molecule has 0 amide bonds. The largest absolute Gasteiger partial charge is 2.00 e. The Kier molecular flexibility index (Phi) is 18.2. The summed E-state index contributed by atoms with van der Waals surface area (Å²) in [5, 5.41) is 9.54. The number of hydrogen-bond donors (Lipinski definition) is 0. The molecule has 11 heteroatoms. The van der Waals surface area contributed by atoms with Gasteiger partial charge in [0.15, 0.2) is 0 Å². The minimum atomic E-state index is 0.